The zero-order chi connectivity index (χ0) is 26.6. The van der Waals surface area contributed by atoms with Crippen molar-refractivity contribution in [2.75, 3.05) is 45.1 Å². The number of morpholine rings is 1. The number of aromatic nitrogens is 3. The number of benzene rings is 2. The third-order valence-corrected chi connectivity index (χ3v) is 7.70. The van der Waals surface area contributed by atoms with Crippen LogP contribution in [0.2, 0.25) is 0 Å². The molecule has 0 unspecified atom stereocenters. The van der Waals surface area contributed by atoms with Crippen LogP contribution >= 0.6 is 0 Å². The number of ether oxygens (including phenoxy) is 2. The van der Waals surface area contributed by atoms with Gasteiger partial charge >= 0.3 is 0 Å². The molecule has 6 rings (SSSR count). The Labute approximate surface area is 227 Å². The molecule has 2 fully saturated rings. The Morgan fingerprint density at radius 1 is 1.08 bits per heavy atom. The summed E-state index contributed by atoms with van der Waals surface area (Å²) in [6.45, 7) is 4.67. The fourth-order valence-electron chi connectivity index (χ4n) is 5.47. The highest BCUT2D eigenvalue weighted by atomic mass is 16.5. The topological polar surface area (TPSA) is 108 Å². The summed E-state index contributed by atoms with van der Waals surface area (Å²) in [5, 5.41) is 3.98. The number of fused-ring (bicyclic) bond motifs is 1. The first-order valence-corrected chi connectivity index (χ1v) is 13.6. The molecule has 202 valence electrons. The number of nitrogens with zero attached hydrogens (tertiary/aromatic N) is 4. The summed E-state index contributed by atoms with van der Waals surface area (Å²) in [7, 11) is 0. The van der Waals surface area contributed by atoms with E-state index in [1.165, 1.54) is 6.33 Å². The summed E-state index contributed by atoms with van der Waals surface area (Å²) in [4.78, 5) is 23.4. The second-order valence-electron chi connectivity index (χ2n) is 10.4. The fourth-order valence-corrected chi connectivity index (χ4v) is 5.47. The van der Waals surface area contributed by atoms with E-state index in [2.05, 4.69) is 49.1 Å². The number of hydrogen-bond acceptors (Lipinski definition) is 7. The maximum atomic E-state index is 12.4. The first-order chi connectivity index (χ1) is 19.1. The average molecular weight is 527 g/mol. The van der Waals surface area contributed by atoms with E-state index in [9.17, 15) is 4.79 Å². The quantitative estimate of drug-likeness (QED) is 0.343. The molecule has 3 heterocycles. The summed E-state index contributed by atoms with van der Waals surface area (Å²) in [6, 6.07) is 18.5. The monoisotopic (exact) mass is 526 g/mol. The van der Waals surface area contributed by atoms with Gasteiger partial charge < -0.3 is 25.1 Å². The minimum Gasteiger partial charge on any atom is -0.489 e. The predicted molar refractivity (Wildman–Crippen MR) is 150 cm³/mol. The molecule has 39 heavy (non-hydrogen) atoms. The maximum absolute atomic E-state index is 12.4. The highest BCUT2D eigenvalue weighted by Gasteiger charge is 2.33. The SMILES string of the molecule is Nc1ncnc2c1c(-c1cccc(OCc3ccccc3)c1)cn2[C@H]1C[C@H](CNC(=O)CN2CCOCC2)C1. The smallest absolute Gasteiger partial charge is 0.234 e. The number of nitrogens with two attached hydrogens (primary N) is 1. The Kier molecular flexibility index (Phi) is 7.42. The van der Waals surface area contributed by atoms with E-state index < -0.39 is 0 Å². The molecule has 1 amide bonds. The molecule has 0 spiro atoms. The minimum absolute atomic E-state index is 0.0870. The highest BCUT2D eigenvalue weighted by Crippen LogP contribution is 2.43. The zero-order valence-electron chi connectivity index (χ0n) is 22.0. The molecule has 1 aliphatic heterocycles. The second kappa shape index (κ2) is 11.4. The molecule has 9 heteroatoms. The summed E-state index contributed by atoms with van der Waals surface area (Å²) >= 11 is 0. The van der Waals surface area contributed by atoms with Crippen molar-refractivity contribution in [3.8, 4) is 16.9 Å². The second-order valence-corrected chi connectivity index (χ2v) is 10.4. The van der Waals surface area contributed by atoms with Crippen molar-refractivity contribution in [1.82, 2.24) is 24.8 Å². The van der Waals surface area contributed by atoms with E-state index in [4.69, 9.17) is 15.2 Å². The molecule has 1 aliphatic carbocycles. The Bertz CT molecular complexity index is 1430. The van der Waals surface area contributed by atoms with Crippen molar-refractivity contribution in [2.45, 2.75) is 25.5 Å². The van der Waals surface area contributed by atoms with Gasteiger partial charge in [-0.05, 0) is 42.0 Å². The van der Waals surface area contributed by atoms with E-state index in [0.717, 1.165) is 59.4 Å². The van der Waals surface area contributed by atoms with Crippen LogP contribution in [0.1, 0.15) is 24.4 Å². The number of amides is 1. The molecule has 2 aromatic heterocycles. The lowest BCUT2D eigenvalue weighted by molar-refractivity contribution is -0.123. The van der Waals surface area contributed by atoms with Gasteiger partial charge in [0.25, 0.3) is 0 Å². The molecule has 1 saturated heterocycles. The Morgan fingerprint density at radius 2 is 1.90 bits per heavy atom. The number of carbonyl (C=O) groups excluding carboxylic acids is 1. The maximum Gasteiger partial charge on any atom is 0.234 e. The molecule has 4 aromatic rings. The molecular formula is C30H34N6O3. The van der Waals surface area contributed by atoms with Crippen molar-refractivity contribution in [3.05, 3.63) is 72.7 Å². The van der Waals surface area contributed by atoms with Gasteiger partial charge in [-0.25, -0.2) is 9.97 Å². The van der Waals surface area contributed by atoms with Crippen LogP contribution in [0.5, 0.6) is 5.75 Å². The van der Waals surface area contributed by atoms with E-state index in [-0.39, 0.29) is 5.91 Å². The molecule has 3 N–H and O–H groups in total. The number of carbonyl (C=O) groups is 1. The van der Waals surface area contributed by atoms with Crippen molar-refractivity contribution in [1.29, 1.82) is 0 Å². The van der Waals surface area contributed by atoms with Crippen LogP contribution in [-0.2, 0) is 16.1 Å². The first-order valence-electron chi connectivity index (χ1n) is 13.6. The predicted octanol–water partition coefficient (Wildman–Crippen LogP) is 3.66. The number of rotatable bonds is 9. The molecule has 0 atom stereocenters. The van der Waals surface area contributed by atoms with Crippen molar-refractivity contribution in [3.63, 3.8) is 0 Å². The Balaban J connectivity index is 1.13. The van der Waals surface area contributed by atoms with Gasteiger partial charge in [0.15, 0.2) is 0 Å². The largest absolute Gasteiger partial charge is 0.489 e. The van der Waals surface area contributed by atoms with Crippen LogP contribution in [0, 0.1) is 5.92 Å². The van der Waals surface area contributed by atoms with Crippen molar-refractivity contribution < 1.29 is 14.3 Å². The van der Waals surface area contributed by atoms with E-state index >= 15 is 0 Å². The number of hydrogen-bond donors (Lipinski definition) is 2. The van der Waals surface area contributed by atoms with Gasteiger partial charge in [-0.1, -0.05) is 42.5 Å². The lowest BCUT2D eigenvalue weighted by Crippen LogP contribution is -2.45. The Hall–Kier alpha value is -3.95. The van der Waals surface area contributed by atoms with Crippen LogP contribution in [0.15, 0.2) is 67.1 Å². The third kappa shape index (κ3) is 5.74. The number of nitrogen functional groups attached to an aromatic ring is 1. The van der Waals surface area contributed by atoms with Gasteiger partial charge in [-0.3, -0.25) is 9.69 Å². The Morgan fingerprint density at radius 3 is 2.72 bits per heavy atom. The van der Waals surface area contributed by atoms with Gasteiger partial charge in [-0.2, -0.15) is 0 Å². The van der Waals surface area contributed by atoms with Gasteiger partial charge in [0.05, 0.1) is 25.1 Å². The van der Waals surface area contributed by atoms with Gasteiger partial charge in [0.1, 0.15) is 30.1 Å². The molecular weight excluding hydrogens is 492 g/mol. The van der Waals surface area contributed by atoms with Gasteiger partial charge in [0, 0.05) is 37.4 Å². The lowest BCUT2D eigenvalue weighted by atomic mass is 9.80. The number of anilines is 1. The van der Waals surface area contributed by atoms with Gasteiger partial charge in [0.2, 0.25) is 5.91 Å². The van der Waals surface area contributed by atoms with Crippen LogP contribution in [-0.4, -0.2) is 64.7 Å². The lowest BCUT2D eigenvalue weighted by Gasteiger charge is -2.37. The summed E-state index contributed by atoms with van der Waals surface area (Å²) in [6.07, 6.45) is 5.62. The van der Waals surface area contributed by atoms with Crippen LogP contribution in [0.4, 0.5) is 5.82 Å². The van der Waals surface area contributed by atoms with Crippen molar-refractivity contribution in [2.24, 2.45) is 5.92 Å². The summed E-state index contributed by atoms with van der Waals surface area (Å²) in [5.41, 5.74) is 10.3. The molecule has 9 nitrogen and oxygen atoms in total. The van der Waals surface area contributed by atoms with Crippen LogP contribution in [0.25, 0.3) is 22.2 Å². The van der Waals surface area contributed by atoms with E-state index in [1.807, 2.05) is 36.4 Å². The highest BCUT2D eigenvalue weighted by molar-refractivity contribution is 6.00. The van der Waals surface area contributed by atoms with E-state index in [1.54, 1.807) is 0 Å². The normalized spacial score (nSPS) is 19.5. The molecule has 0 radical (unpaired) electrons. The fraction of sp³-hybridized carbons (Fsp3) is 0.367. The zero-order valence-corrected chi connectivity index (χ0v) is 22.0. The van der Waals surface area contributed by atoms with Gasteiger partial charge in [-0.15, -0.1) is 0 Å². The van der Waals surface area contributed by atoms with Crippen molar-refractivity contribution >= 4 is 22.8 Å². The average Bonchev–Trinajstić information content (AvgIpc) is 3.33. The molecule has 1 saturated carbocycles. The van der Waals surface area contributed by atoms with Crippen LogP contribution in [0.3, 0.4) is 0 Å². The molecule has 2 aliphatic rings. The summed E-state index contributed by atoms with van der Waals surface area (Å²) < 4.78 is 13.7. The molecule has 0 bridgehead atoms. The first kappa shape index (κ1) is 25.3. The third-order valence-electron chi connectivity index (χ3n) is 7.70. The summed E-state index contributed by atoms with van der Waals surface area (Å²) in [5.74, 6) is 1.79. The number of nitrogens with one attached hydrogen (secondary N) is 1. The minimum atomic E-state index is 0.0870. The van der Waals surface area contributed by atoms with Crippen LogP contribution < -0.4 is 15.8 Å². The van der Waals surface area contributed by atoms with E-state index in [0.29, 0.717) is 50.7 Å². The standard InChI is InChI=1S/C30H34N6O3/c31-29-28-26(23-7-4-8-25(15-23)39-19-21-5-2-1-3-6-21)17-36(30(28)34-20-33-29)24-13-22(14-24)16-32-27(37)18-35-9-11-38-12-10-35/h1-8,15,17,20,22,24H,9-14,16,18-19H2,(H,32,37)(H2,31,33,34)/t22-,24-. The molecule has 2 aromatic carbocycles.